The van der Waals surface area contributed by atoms with Gasteiger partial charge in [-0.1, -0.05) is 24.3 Å². The van der Waals surface area contributed by atoms with Gasteiger partial charge in [0.15, 0.2) is 0 Å². The van der Waals surface area contributed by atoms with Crippen LogP contribution in [-0.4, -0.2) is 35.6 Å². The Kier molecular flexibility index (Phi) is 7.80. The number of fused-ring (bicyclic) bond motifs is 1. The number of hydrogen-bond acceptors (Lipinski definition) is 7. The lowest BCUT2D eigenvalue weighted by Crippen LogP contribution is -2.36. The van der Waals surface area contributed by atoms with E-state index in [4.69, 9.17) is 14.4 Å². The summed E-state index contributed by atoms with van der Waals surface area (Å²) < 4.78 is 11.3. The van der Waals surface area contributed by atoms with Crippen LogP contribution in [0.15, 0.2) is 53.1 Å². The molecule has 0 saturated carbocycles. The van der Waals surface area contributed by atoms with Crippen LogP contribution in [0.5, 0.6) is 0 Å². The molecular weight excluding hydrogens is 407 g/mol. The fourth-order valence-electron chi connectivity index (χ4n) is 3.59. The third-order valence-corrected chi connectivity index (χ3v) is 5.31. The van der Waals surface area contributed by atoms with E-state index in [1.165, 1.54) is 6.92 Å². The van der Waals surface area contributed by atoms with Gasteiger partial charge in [0.1, 0.15) is 17.3 Å². The summed E-state index contributed by atoms with van der Waals surface area (Å²) in [5.41, 5.74) is 3.50. The molecule has 1 heterocycles. The Balaban J connectivity index is 1.67. The number of ketones is 1. The topological polar surface area (TPSA) is 127 Å². The molecule has 1 aromatic heterocycles. The second-order valence-corrected chi connectivity index (χ2v) is 7.68. The van der Waals surface area contributed by atoms with Crippen LogP contribution >= 0.6 is 0 Å². The average Bonchev–Trinajstić information content (AvgIpc) is 3.19. The maximum atomic E-state index is 11.6. The summed E-state index contributed by atoms with van der Waals surface area (Å²) in [7, 11) is -1.67. The Labute approximate surface area is 186 Å². The molecule has 2 atom stereocenters. The van der Waals surface area contributed by atoms with Crippen LogP contribution in [0, 0.1) is 28.6 Å². The zero-order valence-corrected chi connectivity index (χ0v) is 17.7. The average molecular weight is 430 g/mol. The zero-order chi connectivity index (χ0) is 23.1. The highest BCUT2D eigenvalue weighted by atomic mass is 16.5. The highest BCUT2D eigenvalue weighted by Gasteiger charge is 2.26. The van der Waals surface area contributed by atoms with Gasteiger partial charge in [0, 0.05) is 17.4 Å². The Hall–Kier alpha value is -3.43. The van der Waals surface area contributed by atoms with Crippen molar-refractivity contribution >= 4 is 23.9 Å². The van der Waals surface area contributed by atoms with Gasteiger partial charge in [0.05, 0.1) is 36.6 Å². The molecule has 0 amide bonds. The molecule has 0 radical (unpaired) electrons. The predicted molar refractivity (Wildman–Crippen MR) is 118 cm³/mol. The quantitative estimate of drug-likeness (QED) is 0.474. The van der Waals surface area contributed by atoms with Crippen molar-refractivity contribution in [3.05, 3.63) is 71.0 Å². The molecule has 8 heteroatoms. The van der Waals surface area contributed by atoms with Crippen molar-refractivity contribution in [2.45, 2.75) is 32.2 Å². The summed E-state index contributed by atoms with van der Waals surface area (Å²) in [6, 6.07) is 15.9. The minimum absolute atomic E-state index is 0.195. The molecule has 0 aliphatic carbocycles. The Morgan fingerprint density at radius 1 is 1.16 bits per heavy atom. The molecule has 0 spiro atoms. The lowest BCUT2D eigenvalue weighted by atomic mass is 9.78. The summed E-state index contributed by atoms with van der Waals surface area (Å²) in [6.07, 6.45) is 2.52. The number of nitriles is 2. The van der Waals surface area contributed by atoms with Crippen molar-refractivity contribution in [2.24, 2.45) is 5.92 Å². The molecule has 2 unspecified atom stereocenters. The van der Waals surface area contributed by atoms with Crippen molar-refractivity contribution in [2.75, 3.05) is 6.61 Å². The molecule has 0 fully saturated rings. The van der Waals surface area contributed by atoms with Crippen LogP contribution < -0.4 is 0 Å². The van der Waals surface area contributed by atoms with Gasteiger partial charge in [-0.2, -0.15) is 10.5 Å². The number of para-hydroxylation sites is 1. The Morgan fingerprint density at radius 3 is 2.59 bits per heavy atom. The van der Waals surface area contributed by atoms with Gasteiger partial charge in [0.25, 0.3) is 0 Å². The standard InChI is InChI=1S/C24H23BN2O5/c1-16(28)20(14-27)11-18-8-17(9-19(10-18)13-26)6-7-31-24(25(29)30)12-21-15-32-23-5-3-2-4-22(21)23/h2-5,8-10,15,20,24,29-30H,6-7,11-12H2,1H3. The first-order valence-electron chi connectivity index (χ1n) is 10.3. The summed E-state index contributed by atoms with van der Waals surface area (Å²) in [6.45, 7) is 1.57. The third-order valence-electron chi connectivity index (χ3n) is 5.31. The molecule has 0 saturated heterocycles. The van der Waals surface area contributed by atoms with E-state index >= 15 is 0 Å². The number of hydrogen-bond donors (Lipinski definition) is 2. The van der Waals surface area contributed by atoms with Crippen LogP contribution in [0.3, 0.4) is 0 Å². The molecule has 2 aromatic carbocycles. The lowest BCUT2D eigenvalue weighted by Gasteiger charge is -2.17. The number of benzene rings is 2. The highest BCUT2D eigenvalue weighted by Crippen LogP contribution is 2.23. The molecule has 3 aromatic rings. The van der Waals surface area contributed by atoms with E-state index in [-0.39, 0.29) is 25.2 Å². The molecule has 32 heavy (non-hydrogen) atoms. The summed E-state index contributed by atoms with van der Waals surface area (Å²) in [5, 5.41) is 38.9. The zero-order valence-electron chi connectivity index (χ0n) is 17.7. The number of carbonyl (C=O) groups excluding carboxylic acids is 1. The van der Waals surface area contributed by atoms with Crippen LogP contribution in [-0.2, 0) is 28.8 Å². The van der Waals surface area contributed by atoms with Gasteiger partial charge >= 0.3 is 7.12 Å². The van der Waals surface area contributed by atoms with Crippen molar-refractivity contribution in [1.82, 2.24) is 0 Å². The highest BCUT2D eigenvalue weighted by molar-refractivity contribution is 6.42. The molecule has 0 aliphatic rings. The normalized spacial score (nSPS) is 12.7. The van der Waals surface area contributed by atoms with Gasteiger partial charge in [-0.3, -0.25) is 4.79 Å². The molecule has 0 bridgehead atoms. The van der Waals surface area contributed by atoms with Gasteiger partial charge < -0.3 is 19.2 Å². The van der Waals surface area contributed by atoms with E-state index < -0.39 is 19.0 Å². The van der Waals surface area contributed by atoms with Gasteiger partial charge in [-0.05, 0) is 49.1 Å². The van der Waals surface area contributed by atoms with E-state index in [0.717, 1.165) is 27.7 Å². The maximum absolute atomic E-state index is 11.6. The second-order valence-electron chi connectivity index (χ2n) is 7.68. The van der Waals surface area contributed by atoms with E-state index in [1.54, 1.807) is 18.4 Å². The molecule has 2 N–H and O–H groups in total. The predicted octanol–water partition coefficient (Wildman–Crippen LogP) is 2.76. The first kappa shape index (κ1) is 23.2. The third kappa shape index (κ3) is 5.84. The SMILES string of the molecule is CC(=O)C(C#N)Cc1cc(C#N)cc(CCOC(Cc2coc3ccccc23)B(O)O)c1. The number of furan rings is 1. The number of nitrogens with zero attached hydrogens (tertiary/aromatic N) is 2. The molecule has 162 valence electrons. The molecule has 3 rings (SSSR count). The van der Waals surface area contributed by atoms with Crippen LogP contribution in [0.4, 0.5) is 0 Å². The fourth-order valence-corrected chi connectivity index (χ4v) is 3.59. The van der Waals surface area contributed by atoms with E-state index in [9.17, 15) is 20.1 Å². The molecular formula is C24H23BN2O5. The Morgan fingerprint density at radius 2 is 1.91 bits per heavy atom. The molecule has 0 aliphatic heterocycles. The van der Waals surface area contributed by atoms with E-state index in [0.29, 0.717) is 12.0 Å². The smallest absolute Gasteiger partial charge is 0.464 e. The van der Waals surface area contributed by atoms with Crippen molar-refractivity contribution in [3.8, 4) is 12.1 Å². The van der Waals surface area contributed by atoms with Crippen LogP contribution in [0.1, 0.15) is 29.2 Å². The molecule has 7 nitrogen and oxygen atoms in total. The van der Waals surface area contributed by atoms with Crippen molar-refractivity contribution in [3.63, 3.8) is 0 Å². The fraction of sp³-hybridized carbons (Fsp3) is 0.292. The summed E-state index contributed by atoms with van der Waals surface area (Å²) in [4.78, 5) is 11.6. The summed E-state index contributed by atoms with van der Waals surface area (Å²) in [5.74, 6) is -0.974. The van der Waals surface area contributed by atoms with Gasteiger partial charge in [-0.25, -0.2) is 0 Å². The van der Waals surface area contributed by atoms with Gasteiger partial charge in [-0.15, -0.1) is 0 Å². The largest absolute Gasteiger partial charge is 0.482 e. The minimum atomic E-state index is -1.67. The lowest BCUT2D eigenvalue weighted by molar-refractivity contribution is -0.119. The number of Topliss-reactive ketones (excluding diaryl/α,β-unsaturated/α-hetero) is 1. The first-order valence-corrected chi connectivity index (χ1v) is 10.3. The number of ether oxygens (including phenoxy) is 1. The van der Waals surface area contributed by atoms with Crippen LogP contribution in [0.25, 0.3) is 11.0 Å². The Bertz CT molecular complexity index is 1180. The van der Waals surface area contributed by atoms with E-state index in [1.807, 2.05) is 36.4 Å². The van der Waals surface area contributed by atoms with Gasteiger partial charge in [0.2, 0.25) is 0 Å². The minimum Gasteiger partial charge on any atom is -0.464 e. The van der Waals surface area contributed by atoms with Crippen molar-refractivity contribution < 1.29 is 24.0 Å². The van der Waals surface area contributed by atoms with Crippen molar-refractivity contribution in [1.29, 1.82) is 10.5 Å². The van der Waals surface area contributed by atoms with E-state index in [2.05, 4.69) is 6.07 Å². The number of carbonyl (C=O) groups is 1. The maximum Gasteiger partial charge on any atom is 0.482 e. The monoisotopic (exact) mass is 430 g/mol. The number of rotatable bonds is 10. The summed E-state index contributed by atoms with van der Waals surface area (Å²) >= 11 is 0. The van der Waals surface area contributed by atoms with Crippen LogP contribution in [0.2, 0.25) is 0 Å². The second kappa shape index (κ2) is 10.7. The first-order chi connectivity index (χ1) is 15.4.